The van der Waals surface area contributed by atoms with Gasteiger partial charge in [0, 0.05) is 18.8 Å². The molecular formula is C29H36N2O2. The van der Waals surface area contributed by atoms with E-state index in [-0.39, 0.29) is 6.61 Å². The molecule has 4 nitrogen and oxygen atoms in total. The molecule has 4 rings (SSSR count). The molecule has 1 N–H and O–H groups in total. The van der Waals surface area contributed by atoms with Crippen molar-refractivity contribution in [1.82, 2.24) is 4.90 Å². The summed E-state index contributed by atoms with van der Waals surface area (Å²) in [5.41, 5.74) is 7.56. The van der Waals surface area contributed by atoms with Gasteiger partial charge in [0.25, 0.3) is 0 Å². The fourth-order valence-corrected chi connectivity index (χ4v) is 4.24. The number of hydrogen-bond donors (Lipinski definition) is 1. The molecule has 4 heteroatoms. The van der Waals surface area contributed by atoms with Crippen molar-refractivity contribution < 1.29 is 9.53 Å². The smallest absolute Gasteiger partial charge is 0.157 e. The Morgan fingerprint density at radius 3 is 2.09 bits per heavy atom. The standard InChI is InChI=1S/C15H21NO2.C14H15N/c1-12-11-14(18-10-9-17)5-6-15(12)13(2)16-7-3-4-8-16;1-11-3-5-12(6-4-11)13-7-9-14(15-2)10-8-13/h5-6,9,11,13H,3-4,7-8,10H2,1-2H3;3-10,15H,1-2H3. The van der Waals surface area contributed by atoms with Crippen LogP contribution in [0.3, 0.4) is 0 Å². The molecule has 0 bridgehead atoms. The molecule has 0 aromatic heterocycles. The quantitative estimate of drug-likeness (QED) is 0.426. The van der Waals surface area contributed by atoms with E-state index in [9.17, 15) is 4.79 Å². The molecule has 1 fully saturated rings. The molecule has 3 aromatic rings. The number of aryl methyl sites for hydroxylation is 2. The molecule has 1 aliphatic rings. The molecule has 1 aliphatic heterocycles. The SMILES string of the molecule is CNc1ccc(-c2ccc(C)cc2)cc1.Cc1cc(OCC=O)ccc1C(C)N1CCCC1. The van der Waals surface area contributed by atoms with Crippen LogP contribution in [-0.4, -0.2) is 37.9 Å². The number of anilines is 1. The van der Waals surface area contributed by atoms with Gasteiger partial charge in [-0.15, -0.1) is 0 Å². The Morgan fingerprint density at radius 2 is 1.55 bits per heavy atom. The molecule has 1 unspecified atom stereocenters. The first kappa shape index (κ1) is 24.5. The highest BCUT2D eigenvalue weighted by atomic mass is 16.5. The lowest BCUT2D eigenvalue weighted by molar-refractivity contribution is -0.109. The number of ether oxygens (including phenoxy) is 1. The van der Waals surface area contributed by atoms with Gasteiger partial charge in [0.15, 0.2) is 6.29 Å². The Hall–Kier alpha value is -3.11. The zero-order chi connectivity index (χ0) is 23.6. The van der Waals surface area contributed by atoms with Gasteiger partial charge >= 0.3 is 0 Å². The van der Waals surface area contributed by atoms with Crippen molar-refractivity contribution in [3.8, 4) is 16.9 Å². The molecule has 1 saturated heterocycles. The lowest BCUT2D eigenvalue weighted by Gasteiger charge is -2.25. The van der Waals surface area contributed by atoms with Crippen molar-refractivity contribution >= 4 is 12.0 Å². The van der Waals surface area contributed by atoms with Gasteiger partial charge in [-0.05, 0) is 93.2 Å². The highest BCUT2D eigenvalue weighted by Gasteiger charge is 2.20. The minimum Gasteiger partial charge on any atom is -0.486 e. The number of nitrogens with zero attached hydrogens (tertiary/aromatic N) is 1. The van der Waals surface area contributed by atoms with Crippen LogP contribution in [0.5, 0.6) is 5.75 Å². The van der Waals surface area contributed by atoms with Gasteiger partial charge in [-0.3, -0.25) is 9.69 Å². The molecule has 0 saturated carbocycles. The molecule has 1 heterocycles. The van der Waals surface area contributed by atoms with Crippen molar-refractivity contribution in [3.05, 3.63) is 83.4 Å². The van der Waals surface area contributed by atoms with Gasteiger partial charge in [0.1, 0.15) is 12.4 Å². The molecule has 33 heavy (non-hydrogen) atoms. The van der Waals surface area contributed by atoms with Crippen LogP contribution in [0.2, 0.25) is 0 Å². The van der Waals surface area contributed by atoms with Gasteiger partial charge in [0.2, 0.25) is 0 Å². The van der Waals surface area contributed by atoms with E-state index in [1.165, 1.54) is 53.7 Å². The number of aldehydes is 1. The van der Waals surface area contributed by atoms with E-state index in [1.807, 2.05) is 19.2 Å². The number of rotatable bonds is 7. The van der Waals surface area contributed by atoms with Crippen LogP contribution in [0.25, 0.3) is 11.1 Å². The van der Waals surface area contributed by atoms with Gasteiger partial charge in [-0.25, -0.2) is 0 Å². The topological polar surface area (TPSA) is 41.6 Å². The Morgan fingerprint density at radius 1 is 0.939 bits per heavy atom. The maximum Gasteiger partial charge on any atom is 0.157 e. The largest absolute Gasteiger partial charge is 0.486 e. The first-order chi connectivity index (χ1) is 16.0. The third-order valence-corrected chi connectivity index (χ3v) is 6.26. The summed E-state index contributed by atoms with van der Waals surface area (Å²) in [7, 11) is 1.93. The van der Waals surface area contributed by atoms with Crippen molar-refractivity contribution in [2.75, 3.05) is 32.1 Å². The maximum absolute atomic E-state index is 10.3. The lowest BCUT2D eigenvalue weighted by atomic mass is 10.0. The Balaban J connectivity index is 0.000000189. The lowest BCUT2D eigenvalue weighted by Crippen LogP contribution is -2.23. The number of carbonyl (C=O) groups excluding carboxylic acids is 1. The summed E-state index contributed by atoms with van der Waals surface area (Å²) < 4.78 is 5.31. The predicted octanol–water partition coefficient (Wildman–Crippen LogP) is 6.43. The number of nitrogens with one attached hydrogen (secondary N) is 1. The summed E-state index contributed by atoms with van der Waals surface area (Å²) in [6.45, 7) is 9.00. The molecule has 1 atom stereocenters. The third-order valence-electron chi connectivity index (χ3n) is 6.26. The van der Waals surface area contributed by atoms with Crippen molar-refractivity contribution in [2.45, 2.75) is 39.7 Å². The summed E-state index contributed by atoms with van der Waals surface area (Å²) in [6, 6.07) is 23.6. The van der Waals surface area contributed by atoms with Crippen molar-refractivity contribution in [3.63, 3.8) is 0 Å². The van der Waals surface area contributed by atoms with Gasteiger partial charge < -0.3 is 10.1 Å². The summed E-state index contributed by atoms with van der Waals surface area (Å²) >= 11 is 0. The Bertz CT molecular complexity index is 1010. The second-order valence-electron chi connectivity index (χ2n) is 8.61. The third kappa shape index (κ3) is 6.93. The van der Waals surface area contributed by atoms with Crippen LogP contribution in [0.1, 0.15) is 42.5 Å². The van der Waals surface area contributed by atoms with E-state index >= 15 is 0 Å². The first-order valence-electron chi connectivity index (χ1n) is 11.8. The molecule has 174 valence electrons. The monoisotopic (exact) mass is 444 g/mol. The van der Waals surface area contributed by atoms with Gasteiger partial charge in [-0.1, -0.05) is 48.0 Å². The molecule has 0 radical (unpaired) electrons. The molecule has 0 amide bonds. The van der Waals surface area contributed by atoms with Crippen LogP contribution in [0.4, 0.5) is 5.69 Å². The summed E-state index contributed by atoms with van der Waals surface area (Å²) in [5, 5.41) is 3.11. The summed E-state index contributed by atoms with van der Waals surface area (Å²) in [6.07, 6.45) is 3.39. The second kappa shape index (κ2) is 12.2. The minimum atomic E-state index is 0.125. The van der Waals surface area contributed by atoms with Crippen LogP contribution in [0.15, 0.2) is 66.7 Å². The minimum absolute atomic E-state index is 0.125. The average molecular weight is 445 g/mol. The van der Waals surface area contributed by atoms with Crippen molar-refractivity contribution in [2.24, 2.45) is 0 Å². The fraction of sp³-hybridized carbons (Fsp3) is 0.345. The number of likely N-dealkylation sites (tertiary alicyclic amines) is 1. The van der Waals surface area contributed by atoms with Crippen LogP contribution < -0.4 is 10.1 Å². The summed E-state index contributed by atoms with van der Waals surface area (Å²) in [4.78, 5) is 12.8. The van der Waals surface area contributed by atoms with Crippen LogP contribution in [-0.2, 0) is 4.79 Å². The van der Waals surface area contributed by atoms with E-state index in [2.05, 4.69) is 85.6 Å². The maximum atomic E-state index is 10.3. The van der Waals surface area contributed by atoms with E-state index < -0.39 is 0 Å². The molecule has 0 aliphatic carbocycles. The fourth-order valence-electron chi connectivity index (χ4n) is 4.24. The molecule has 0 spiro atoms. The van der Waals surface area contributed by atoms with E-state index in [0.717, 1.165) is 17.7 Å². The molecule has 3 aromatic carbocycles. The molecular weight excluding hydrogens is 408 g/mol. The zero-order valence-electron chi connectivity index (χ0n) is 20.3. The van der Waals surface area contributed by atoms with E-state index in [0.29, 0.717) is 6.04 Å². The number of hydrogen-bond acceptors (Lipinski definition) is 4. The van der Waals surface area contributed by atoms with Crippen molar-refractivity contribution in [1.29, 1.82) is 0 Å². The first-order valence-corrected chi connectivity index (χ1v) is 11.8. The Kier molecular flexibility index (Phi) is 9.08. The number of carbonyl (C=O) groups is 1. The van der Waals surface area contributed by atoms with Gasteiger partial charge in [0.05, 0.1) is 0 Å². The van der Waals surface area contributed by atoms with Crippen LogP contribution in [0, 0.1) is 13.8 Å². The highest BCUT2D eigenvalue weighted by Crippen LogP contribution is 2.29. The van der Waals surface area contributed by atoms with E-state index in [4.69, 9.17) is 4.74 Å². The predicted molar refractivity (Wildman–Crippen MR) is 138 cm³/mol. The zero-order valence-corrected chi connectivity index (χ0v) is 20.3. The Labute approximate surface area is 198 Å². The number of benzene rings is 3. The van der Waals surface area contributed by atoms with Crippen LogP contribution >= 0.6 is 0 Å². The second-order valence-corrected chi connectivity index (χ2v) is 8.61. The average Bonchev–Trinajstić information content (AvgIpc) is 3.39. The summed E-state index contributed by atoms with van der Waals surface area (Å²) in [5.74, 6) is 0.775. The normalized spacial score (nSPS) is 14.2. The van der Waals surface area contributed by atoms with Gasteiger partial charge in [-0.2, -0.15) is 0 Å². The highest BCUT2D eigenvalue weighted by molar-refractivity contribution is 5.66. The van der Waals surface area contributed by atoms with E-state index in [1.54, 1.807) is 0 Å².